The molecule has 1 fully saturated rings. The summed E-state index contributed by atoms with van der Waals surface area (Å²) in [5, 5.41) is 12.1. The Balaban J connectivity index is 1.36. The van der Waals surface area contributed by atoms with E-state index in [0.29, 0.717) is 0 Å². The number of H-pyrrole nitrogens is 1. The Morgan fingerprint density at radius 1 is 1.24 bits per heavy atom. The normalized spacial score (nSPS) is 24.2. The lowest BCUT2D eigenvalue weighted by molar-refractivity contribution is -0.136. The molecule has 2 aromatic heterocycles. The quantitative estimate of drug-likeness (QED) is 0.841. The summed E-state index contributed by atoms with van der Waals surface area (Å²) in [4.78, 5) is 26.2. The van der Waals surface area contributed by atoms with Crippen LogP contribution in [0.2, 0.25) is 0 Å². The van der Waals surface area contributed by atoms with Gasteiger partial charge in [0.25, 0.3) is 0 Å². The molecule has 0 radical (unpaired) electrons. The summed E-state index contributed by atoms with van der Waals surface area (Å²) in [6.07, 6.45) is 8.78. The fourth-order valence-electron chi connectivity index (χ4n) is 5.58. The Labute approximate surface area is 170 Å². The van der Waals surface area contributed by atoms with Crippen molar-refractivity contribution in [2.24, 2.45) is 0 Å². The van der Waals surface area contributed by atoms with Crippen LogP contribution in [0.4, 0.5) is 0 Å². The number of aromatic nitrogens is 6. The van der Waals surface area contributed by atoms with Crippen molar-refractivity contribution in [3.63, 3.8) is 0 Å². The Kier molecular flexibility index (Phi) is 4.85. The number of tetrazole rings is 1. The smallest absolute Gasteiger partial charge is 0.233 e. The molecule has 5 heterocycles. The van der Waals surface area contributed by atoms with Gasteiger partial charge in [-0.05, 0) is 49.1 Å². The van der Waals surface area contributed by atoms with Gasteiger partial charge in [0.15, 0.2) is 5.82 Å². The van der Waals surface area contributed by atoms with Crippen LogP contribution in [-0.2, 0) is 23.3 Å². The molecule has 0 aliphatic carbocycles. The molecular formula is C20H30N8O. The van der Waals surface area contributed by atoms with Gasteiger partial charge in [-0.2, -0.15) is 0 Å². The third-order valence-electron chi connectivity index (χ3n) is 7.07. The molecule has 5 rings (SSSR count). The van der Waals surface area contributed by atoms with Crippen LogP contribution >= 0.6 is 0 Å². The lowest BCUT2D eigenvalue weighted by Crippen LogP contribution is -2.57. The van der Waals surface area contributed by atoms with Crippen molar-refractivity contribution in [1.82, 2.24) is 40.0 Å². The number of nitrogens with zero attached hydrogens (tertiary/aromatic N) is 7. The summed E-state index contributed by atoms with van der Waals surface area (Å²) in [7, 11) is 0. The van der Waals surface area contributed by atoms with Crippen molar-refractivity contribution in [1.29, 1.82) is 0 Å². The van der Waals surface area contributed by atoms with E-state index in [9.17, 15) is 4.79 Å². The zero-order valence-electron chi connectivity index (χ0n) is 17.2. The molecule has 1 saturated heterocycles. The molecule has 0 saturated carbocycles. The Morgan fingerprint density at radius 2 is 2.10 bits per heavy atom. The lowest BCUT2D eigenvalue weighted by Gasteiger charge is -2.50. The highest BCUT2D eigenvalue weighted by atomic mass is 16.2. The summed E-state index contributed by atoms with van der Waals surface area (Å²) >= 11 is 0. The summed E-state index contributed by atoms with van der Waals surface area (Å²) in [5.41, 5.74) is 2.45. The molecular weight excluding hydrogens is 368 g/mol. The Morgan fingerprint density at radius 3 is 2.93 bits per heavy atom. The highest BCUT2D eigenvalue weighted by Gasteiger charge is 2.47. The predicted octanol–water partition coefficient (Wildman–Crippen LogP) is 1.45. The van der Waals surface area contributed by atoms with E-state index in [1.54, 1.807) is 0 Å². The standard InChI is InChI=1S/C20H30N8O/c1-2-9-27-11-6-16-17(22-14-21-16)20(27)7-12-26(13-8-20)19(29)15-5-3-4-10-28-18(15)23-24-25-28/h14-15H,2-13H2,1H3,(H,21,22). The van der Waals surface area contributed by atoms with Crippen LogP contribution in [0.5, 0.6) is 0 Å². The number of imidazole rings is 1. The maximum absolute atomic E-state index is 13.4. The monoisotopic (exact) mass is 398 g/mol. The number of amides is 1. The Bertz CT molecular complexity index is 865. The minimum Gasteiger partial charge on any atom is -0.348 e. The number of nitrogens with one attached hydrogen (secondary N) is 1. The van der Waals surface area contributed by atoms with Crippen LogP contribution in [0.25, 0.3) is 0 Å². The zero-order valence-corrected chi connectivity index (χ0v) is 17.2. The van der Waals surface area contributed by atoms with E-state index < -0.39 is 0 Å². The van der Waals surface area contributed by atoms with E-state index in [0.717, 1.165) is 83.5 Å². The van der Waals surface area contributed by atoms with Crippen LogP contribution in [-0.4, -0.2) is 72.1 Å². The SMILES string of the molecule is CCCN1CCc2[nH]cnc2C12CCN(C(=O)C1CCCCn3nnnc31)CC2. The molecule has 29 heavy (non-hydrogen) atoms. The number of fused-ring (bicyclic) bond motifs is 3. The van der Waals surface area contributed by atoms with Gasteiger partial charge in [0, 0.05) is 38.3 Å². The molecule has 1 amide bonds. The van der Waals surface area contributed by atoms with E-state index in [1.807, 2.05) is 15.9 Å². The van der Waals surface area contributed by atoms with Gasteiger partial charge in [0.2, 0.25) is 5.91 Å². The van der Waals surface area contributed by atoms with Gasteiger partial charge < -0.3 is 9.88 Å². The van der Waals surface area contributed by atoms with Crippen molar-refractivity contribution < 1.29 is 4.79 Å². The molecule has 3 aliphatic heterocycles. The Hall–Kier alpha value is -2.29. The van der Waals surface area contributed by atoms with Gasteiger partial charge in [-0.3, -0.25) is 9.69 Å². The molecule has 0 bridgehead atoms. The minimum atomic E-state index is -0.208. The van der Waals surface area contributed by atoms with Gasteiger partial charge in [-0.1, -0.05) is 13.3 Å². The second-order valence-electron chi connectivity index (χ2n) is 8.63. The fourth-order valence-corrected chi connectivity index (χ4v) is 5.58. The number of hydrogen-bond donors (Lipinski definition) is 1. The first-order valence-corrected chi connectivity index (χ1v) is 11.1. The summed E-state index contributed by atoms with van der Waals surface area (Å²) in [6, 6.07) is 0. The predicted molar refractivity (Wildman–Crippen MR) is 106 cm³/mol. The van der Waals surface area contributed by atoms with Crippen molar-refractivity contribution in [2.75, 3.05) is 26.2 Å². The molecule has 9 nitrogen and oxygen atoms in total. The number of likely N-dealkylation sites (tertiary alicyclic amines) is 1. The molecule has 1 spiro atoms. The number of aryl methyl sites for hydroxylation is 1. The maximum atomic E-state index is 13.4. The molecule has 3 aliphatic rings. The topological polar surface area (TPSA) is 95.8 Å². The third kappa shape index (κ3) is 3.06. The van der Waals surface area contributed by atoms with E-state index in [4.69, 9.17) is 4.98 Å². The van der Waals surface area contributed by atoms with Crippen molar-refractivity contribution >= 4 is 5.91 Å². The van der Waals surface area contributed by atoms with E-state index >= 15 is 0 Å². The van der Waals surface area contributed by atoms with Gasteiger partial charge >= 0.3 is 0 Å². The number of hydrogen-bond acceptors (Lipinski definition) is 6. The van der Waals surface area contributed by atoms with E-state index in [-0.39, 0.29) is 17.4 Å². The van der Waals surface area contributed by atoms with Crippen LogP contribution in [0.3, 0.4) is 0 Å². The molecule has 0 aromatic carbocycles. The minimum absolute atomic E-state index is 0.0363. The van der Waals surface area contributed by atoms with Crippen LogP contribution < -0.4 is 0 Å². The second kappa shape index (κ2) is 7.51. The van der Waals surface area contributed by atoms with Gasteiger partial charge in [-0.25, -0.2) is 9.67 Å². The largest absolute Gasteiger partial charge is 0.348 e. The average molecular weight is 399 g/mol. The molecule has 156 valence electrons. The summed E-state index contributed by atoms with van der Waals surface area (Å²) in [6.45, 7) is 6.73. The highest BCUT2D eigenvalue weighted by Crippen LogP contribution is 2.42. The number of carbonyl (C=O) groups excluding carboxylic acids is 1. The molecule has 1 N–H and O–H groups in total. The first kappa shape index (κ1) is 18.7. The van der Waals surface area contributed by atoms with Crippen LogP contribution in [0.1, 0.15) is 68.6 Å². The summed E-state index contributed by atoms with van der Waals surface area (Å²) in [5.74, 6) is 0.728. The molecule has 9 heteroatoms. The van der Waals surface area contributed by atoms with Gasteiger partial charge in [-0.15, -0.1) is 5.10 Å². The summed E-state index contributed by atoms with van der Waals surface area (Å²) < 4.78 is 1.82. The maximum Gasteiger partial charge on any atom is 0.233 e. The number of rotatable bonds is 3. The van der Waals surface area contributed by atoms with Gasteiger partial charge in [0.1, 0.15) is 0 Å². The molecule has 1 atom stereocenters. The first-order chi connectivity index (χ1) is 14.2. The zero-order chi connectivity index (χ0) is 19.8. The number of aromatic amines is 1. The number of piperidine rings is 1. The van der Waals surface area contributed by atoms with Crippen LogP contribution in [0, 0.1) is 0 Å². The average Bonchev–Trinajstić information content (AvgIpc) is 3.37. The van der Waals surface area contributed by atoms with E-state index in [2.05, 4.69) is 32.3 Å². The van der Waals surface area contributed by atoms with Crippen molar-refractivity contribution in [3.8, 4) is 0 Å². The van der Waals surface area contributed by atoms with Gasteiger partial charge in [0.05, 0.1) is 23.5 Å². The van der Waals surface area contributed by atoms with Crippen LogP contribution in [0.15, 0.2) is 6.33 Å². The van der Waals surface area contributed by atoms with E-state index in [1.165, 1.54) is 11.4 Å². The number of carbonyl (C=O) groups is 1. The second-order valence-corrected chi connectivity index (χ2v) is 8.63. The molecule has 2 aromatic rings. The first-order valence-electron chi connectivity index (χ1n) is 11.1. The third-order valence-corrected chi connectivity index (χ3v) is 7.07. The fraction of sp³-hybridized carbons (Fsp3) is 0.750. The van der Waals surface area contributed by atoms with Crippen molar-refractivity contribution in [3.05, 3.63) is 23.5 Å². The highest BCUT2D eigenvalue weighted by molar-refractivity contribution is 5.83. The lowest BCUT2D eigenvalue weighted by atomic mass is 9.78. The van der Waals surface area contributed by atoms with Crippen molar-refractivity contribution in [2.45, 2.75) is 69.9 Å². The molecule has 1 unspecified atom stereocenters.